The highest BCUT2D eigenvalue weighted by Gasteiger charge is 2.33. The highest BCUT2D eigenvalue weighted by Crippen LogP contribution is 2.21. The van der Waals surface area contributed by atoms with Crippen molar-refractivity contribution in [3.8, 4) is 0 Å². The first-order valence-electron chi connectivity index (χ1n) is 8.56. The molecule has 1 aromatic carbocycles. The van der Waals surface area contributed by atoms with Crippen LogP contribution in [0, 0.1) is 5.92 Å². The number of aromatic nitrogens is 2. The molecule has 24 heavy (non-hydrogen) atoms. The molecule has 0 saturated carbocycles. The van der Waals surface area contributed by atoms with E-state index in [1.165, 1.54) is 0 Å². The second kappa shape index (κ2) is 6.43. The van der Waals surface area contributed by atoms with Crippen molar-refractivity contribution in [1.82, 2.24) is 18.9 Å². The van der Waals surface area contributed by atoms with Crippen molar-refractivity contribution in [3.05, 3.63) is 34.7 Å². The first-order chi connectivity index (χ1) is 11.4. The number of hydrogen-bond acceptors (Lipinski definition) is 3. The van der Waals surface area contributed by atoms with E-state index in [1.54, 1.807) is 9.13 Å². The molecule has 1 fully saturated rings. The Labute approximate surface area is 142 Å². The maximum absolute atomic E-state index is 12.8. The summed E-state index contributed by atoms with van der Waals surface area (Å²) in [5.74, 6) is 0.463. The van der Waals surface area contributed by atoms with Gasteiger partial charge in [0.1, 0.15) is 6.54 Å². The first-order valence-corrected chi connectivity index (χ1v) is 8.56. The Morgan fingerprint density at radius 3 is 2.33 bits per heavy atom. The number of hydrogen-bond donors (Lipinski definition) is 0. The third-order valence-electron chi connectivity index (χ3n) is 5.12. The number of likely N-dealkylation sites (N-methyl/N-ethyl adjacent to an activating group) is 1. The Hall–Kier alpha value is -2.08. The maximum Gasteiger partial charge on any atom is 0.329 e. The third-order valence-corrected chi connectivity index (χ3v) is 5.12. The van der Waals surface area contributed by atoms with Gasteiger partial charge in [-0.2, -0.15) is 0 Å². The van der Waals surface area contributed by atoms with Crippen molar-refractivity contribution in [2.45, 2.75) is 33.0 Å². The Morgan fingerprint density at radius 1 is 1.17 bits per heavy atom. The topological polar surface area (TPSA) is 50.5 Å². The molecule has 0 radical (unpaired) electrons. The molecular weight excluding hydrogens is 304 g/mol. The Kier molecular flexibility index (Phi) is 4.49. The number of aryl methyl sites for hydroxylation is 1. The number of fused-ring (bicyclic) bond motifs is 1. The fourth-order valence-corrected chi connectivity index (χ4v) is 3.79. The molecule has 0 unspecified atom stereocenters. The van der Waals surface area contributed by atoms with Crippen LogP contribution in [0.4, 0.5) is 0 Å². The SMILES string of the molecule is CCn1c(=O)n(CC(=O)N2C[C@H](C)[C@@H](N(C)C)C2)c2ccccc21. The number of nitrogens with zero attached hydrogens (tertiary/aromatic N) is 4. The molecule has 2 heterocycles. The summed E-state index contributed by atoms with van der Waals surface area (Å²) in [6.45, 7) is 6.32. The molecule has 2 atom stereocenters. The van der Waals surface area contributed by atoms with Crippen molar-refractivity contribution in [2.24, 2.45) is 5.92 Å². The summed E-state index contributed by atoms with van der Waals surface area (Å²) >= 11 is 0. The standard InChI is InChI=1S/C18H26N4O2/c1-5-21-14-8-6-7-9-15(14)22(18(21)24)12-17(23)20-10-13(2)16(11-20)19(3)4/h6-9,13,16H,5,10-12H2,1-4H3/t13-,16-/m0/s1. The zero-order valence-electron chi connectivity index (χ0n) is 14.9. The minimum atomic E-state index is -0.108. The zero-order chi connectivity index (χ0) is 17.4. The molecule has 1 saturated heterocycles. The van der Waals surface area contributed by atoms with Gasteiger partial charge in [0.25, 0.3) is 0 Å². The average Bonchev–Trinajstić information content (AvgIpc) is 3.06. The molecule has 1 aliphatic heterocycles. The van der Waals surface area contributed by atoms with Gasteiger partial charge in [0, 0.05) is 25.7 Å². The summed E-state index contributed by atoms with van der Waals surface area (Å²) in [7, 11) is 4.10. The molecule has 2 aromatic rings. The first kappa shape index (κ1) is 16.8. The van der Waals surface area contributed by atoms with Crippen LogP contribution < -0.4 is 5.69 Å². The van der Waals surface area contributed by atoms with E-state index in [2.05, 4.69) is 25.9 Å². The number of carbonyl (C=O) groups excluding carboxylic acids is 1. The van der Waals surface area contributed by atoms with Crippen LogP contribution in [0.25, 0.3) is 11.0 Å². The lowest BCUT2D eigenvalue weighted by molar-refractivity contribution is -0.131. The van der Waals surface area contributed by atoms with Crippen molar-refractivity contribution in [2.75, 3.05) is 27.2 Å². The molecule has 6 heteroatoms. The summed E-state index contributed by atoms with van der Waals surface area (Å²) in [5.41, 5.74) is 1.61. The molecule has 0 bridgehead atoms. The maximum atomic E-state index is 12.8. The van der Waals surface area contributed by atoms with E-state index < -0.39 is 0 Å². The molecule has 0 spiro atoms. The van der Waals surface area contributed by atoms with E-state index in [-0.39, 0.29) is 18.1 Å². The van der Waals surface area contributed by atoms with Crippen LogP contribution in [0.2, 0.25) is 0 Å². The van der Waals surface area contributed by atoms with Gasteiger partial charge in [-0.05, 0) is 39.1 Å². The predicted molar refractivity (Wildman–Crippen MR) is 95.1 cm³/mol. The van der Waals surface area contributed by atoms with Crippen LogP contribution >= 0.6 is 0 Å². The molecule has 1 aliphatic rings. The lowest BCUT2D eigenvalue weighted by Gasteiger charge is -2.22. The third kappa shape index (κ3) is 2.75. The van der Waals surface area contributed by atoms with Crippen molar-refractivity contribution in [1.29, 1.82) is 0 Å². The number of imidazole rings is 1. The van der Waals surface area contributed by atoms with E-state index in [0.29, 0.717) is 18.5 Å². The summed E-state index contributed by atoms with van der Waals surface area (Å²) in [6, 6.07) is 8.04. The predicted octanol–water partition coefficient (Wildman–Crippen LogP) is 1.23. The van der Waals surface area contributed by atoms with E-state index in [9.17, 15) is 9.59 Å². The quantitative estimate of drug-likeness (QED) is 0.847. The highest BCUT2D eigenvalue weighted by molar-refractivity contribution is 5.81. The molecule has 0 aliphatic carbocycles. The number of amides is 1. The van der Waals surface area contributed by atoms with Gasteiger partial charge in [-0.1, -0.05) is 19.1 Å². The molecule has 0 N–H and O–H groups in total. The summed E-state index contributed by atoms with van der Waals surface area (Å²) in [5, 5.41) is 0. The van der Waals surface area contributed by atoms with E-state index in [4.69, 9.17) is 0 Å². The normalized spacial score (nSPS) is 21.1. The monoisotopic (exact) mass is 330 g/mol. The second-order valence-corrected chi connectivity index (χ2v) is 6.91. The minimum Gasteiger partial charge on any atom is -0.339 e. The van der Waals surface area contributed by atoms with Gasteiger partial charge in [0.15, 0.2) is 0 Å². The Morgan fingerprint density at radius 2 is 1.79 bits per heavy atom. The number of likely N-dealkylation sites (tertiary alicyclic amines) is 1. The van der Waals surface area contributed by atoms with Crippen LogP contribution in [0.15, 0.2) is 29.1 Å². The van der Waals surface area contributed by atoms with Gasteiger partial charge in [-0.25, -0.2) is 4.79 Å². The van der Waals surface area contributed by atoms with E-state index in [0.717, 1.165) is 24.1 Å². The van der Waals surface area contributed by atoms with Gasteiger partial charge in [0.05, 0.1) is 11.0 Å². The Bertz CT molecular complexity index is 805. The second-order valence-electron chi connectivity index (χ2n) is 6.91. The summed E-state index contributed by atoms with van der Waals surface area (Å²) in [6.07, 6.45) is 0. The average molecular weight is 330 g/mol. The van der Waals surface area contributed by atoms with Gasteiger partial charge < -0.3 is 9.80 Å². The number of rotatable bonds is 4. The van der Waals surface area contributed by atoms with Gasteiger partial charge >= 0.3 is 5.69 Å². The van der Waals surface area contributed by atoms with Crippen LogP contribution in [-0.4, -0.2) is 58.1 Å². The van der Waals surface area contributed by atoms with Gasteiger partial charge in [-0.3, -0.25) is 13.9 Å². The van der Waals surface area contributed by atoms with Gasteiger partial charge in [0.2, 0.25) is 5.91 Å². The fourth-order valence-electron chi connectivity index (χ4n) is 3.79. The lowest BCUT2D eigenvalue weighted by Crippen LogP contribution is -2.38. The van der Waals surface area contributed by atoms with Gasteiger partial charge in [-0.15, -0.1) is 0 Å². The van der Waals surface area contributed by atoms with Crippen LogP contribution in [0.3, 0.4) is 0 Å². The molecular formula is C18H26N4O2. The van der Waals surface area contributed by atoms with Crippen molar-refractivity contribution < 1.29 is 4.79 Å². The zero-order valence-corrected chi connectivity index (χ0v) is 14.9. The van der Waals surface area contributed by atoms with E-state index in [1.807, 2.05) is 36.1 Å². The van der Waals surface area contributed by atoms with Crippen LogP contribution in [-0.2, 0) is 17.9 Å². The molecule has 1 amide bonds. The van der Waals surface area contributed by atoms with E-state index >= 15 is 0 Å². The lowest BCUT2D eigenvalue weighted by atomic mass is 10.1. The van der Waals surface area contributed by atoms with Crippen molar-refractivity contribution in [3.63, 3.8) is 0 Å². The molecule has 6 nitrogen and oxygen atoms in total. The minimum absolute atomic E-state index is 0.0207. The molecule has 1 aromatic heterocycles. The smallest absolute Gasteiger partial charge is 0.329 e. The fraction of sp³-hybridized carbons (Fsp3) is 0.556. The van der Waals surface area contributed by atoms with Crippen LogP contribution in [0.5, 0.6) is 0 Å². The number of para-hydroxylation sites is 2. The Balaban J connectivity index is 1.87. The highest BCUT2D eigenvalue weighted by atomic mass is 16.2. The van der Waals surface area contributed by atoms with Crippen LogP contribution in [0.1, 0.15) is 13.8 Å². The number of carbonyl (C=O) groups is 1. The summed E-state index contributed by atoms with van der Waals surface area (Å²) < 4.78 is 3.33. The largest absolute Gasteiger partial charge is 0.339 e. The summed E-state index contributed by atoms with van der Waals surface area (Å²) in [4.78, 5) is 29.5. The molecule has 130 valence electrons. The number of benzene rings is 1. The van der Waals surface area contributed by atoms with Crippen molar-refractivity contribution >= 4 is 16.9 Å². The molecule has 3 rings (SSSR count).